The minimum atomic E-state index is 0.548. The molecule has 0 radical (unpaired) electrons. The molecule has 0 bridgehead atoms. The van der Waals surface area contributed by atoms with E-state index in [1.165, 1.54) is 6.33 Å². The number of nitrogens with zero attached hydrogens (tertiary/aromatic N) is 4. The molecule has 2 heterocycles. The van der Waals surface area contributed by atoms with Gasteiger partial charge in [-0.05, 0) is 6.42 Å². The number of hydrogen-bond acceptors (Lipinski definition) is 5. The maximum absolute atomic E-state index is 5.81. The van der Waals surface area contributed by atoms with Crippen LogP contribution in [-0.4, -0.2) is 26.1 Å². The molecule has 0 amide bonds. The number of aromatic nitrogens is 4. The number of hydrogen-bond donors (Lipinski definition) is 2. The predicted octanol–water partition coefficient (Wildman–Crippen LogP) is 1.01. The van der Waals surface area contributed by atoms with Crippen molar-refractivity contribution in [3.8, 4) is 0 Å². The van der Waals surface area contributed by atoms with Gasteiger partial charge < -0.3 is 15.6 Å². The molecule has 0 unspecified atom stereocenters. The summed E-state index contributed by atoms with van der Waals surface area (Å²) in [4.78, 5) is 12.5. The Morgan fingerprint density at radius 3 is 2.83 bits per heavy atom. The van der Waals surface area contributed by atoms with E-state index in [-0.39, 0.29) is 0 Å². The first-order valence-electron chi connectivity index (χ1n) is 6.01. The number of nitrogen functional groups attached to an aromatic ring is 1. The standard InChI is InChI=1S/C12H18N6/c1-3-9-11(13)16-8-17-12(9)15-5-4-10-14-6-7-18(10)2/h6-8H,3-5H2,1-2H3,(H3,13,15,16,17). The van der Waals surface area contributed by atoms with E-state index in [1.807, 2.05) is 24.7 Å². The third kappa shape index (κ3) is 2.58. The van der Waals surface area contributed by atoms with Gasteiger partial charge >= 0.3 is 0 Å². The van der Waals surface area contributed by atoms with Crippen molar-refractivity contribution >= 4 is 11.6 Å². The van der Waals surface area contributed by atoms with Gasteiger partial charge in [-0.1, -0.05) is 6.92 Å². The summed E-state index contributed by atoms with van der Waals surface area (Å²) < 4.78 is 2.01. The fraction of sp³-hybridized carbons (Fsp3) is 0.417. The predicted molar refractivity (Wildman–Crippen MR) is 71.2 cm³/mol. The first-order valence-corrected chi connectivity index (χ1v) is 6.01. The molecule has 0 saturated carbocycles. The highest BCUT2D eigenvalue weighted by Gasteiger charge is 2.07. The van der Waals surface area contributed by atoms with Crippen LogP contribution >= 0.6 is 0 Å². The van der Waals surface area contributed by atoms with Crippen LogP contribution in [0.3, 0.4) is 0 Å². The molecule has 0 spiro atoms. The third-order valence-corrected chi connectivity index (χ3v) is 2.89. The molecule has 0 aliphatic carbocycles. The number of aryl methyl sites for hydroxylation is 1. The number of anilines is 2. The zero-order valence-electron chi connectivity index (χ0n) is 10.7. The van der Waals surface area contributed by atoms with Gasteiger partial charge in [-0.3, -0.25) is 0 Å². The molecule has 96 valence electrons. The van der Waals surface area contributed by atoms with Crippen LogP contribution in [0.25, 0.3) is 0 Å². The normalized spacial score (nSPS) is 10.6. The van der Waals surface area contributed by atoms with Gasteiger partial charge in [0.15, 0.2) is 0 Å². The molecule has 0 aliphatic rings. The lowest BCUT2D eigenvalue weighted by atomic mass is 10.2. The summed E-state index contributed by atoms with van der Waals surface area (Å²) in [5, 5.41) is 3.29. The number of imidazole rings is 1. The van der Waals surface area contributed by atoms with Crippen LogP contribution < -0.4 is 11.1 Å². The average Bonchev–Trinajstić information content (AvgIpc) is 2.75. The van der Waals surface area contributed by atoms with E-state index in [1.54, 1.807) is 6.20 Å². The van der Waals surface area contributed by atoms with Crippen molar-refractivity contribution in [2.24, 2.45) is 7.05 Å². The van der Waals surface area contributed by atoms with E-state index in [4.69, 9.17) is 5.73 Å². The number of nitrogens with two attached hydrogens (primary N) is 1. The quantitative estimate of drug-likeness (QED) is 0.822. The zero-order valence-corrected chi connectivity index (χ0v) is 10.7. The van der Waals surface area contributed by atoms with Crippen molar-refractivity contribution in [3.63, 3.8) is 0 Å². The van der Waals surface area contributed by atoms with Crippen LogP contribution in [0.2, 0.25) is 0 Å². The summed E-state index contributed by atoms with van der Waals surface area (Å²) in [7, 11) is 1.99. The van der Waals surface area contributed by atoms with E-state index in [0.717, 1.165) is 36.6 Å². The van der Waals surface area contributed by atoms with Crippen LogP contribution in [0.4, 0.5) is 11.6 Å². The Labute approximate surface area is 106 Å². The molecular weight excluding hydrogens is 228 g/mol. The molecule has 18 heavy (non-hydrogen) atoms. The second kappa shape index (κ2) is 5.48. The molecule has 0 fully saturated rings. The van der Waals surface area contributed by atoms with Crippen molar-refractivity contribution in [2.75, 3.05) is 17.6 Å². The Balaban J connectivity index is 1.98. The molecule has 3 N–H and O–H groups in total. The third-order valence-electron chi connectivity index (χ3n) is 2.89. The fourth-order valence-corrected chi connectivity index (χ4v) is 1.86. The highest BCUT2D eigenvalue weighted by atomic mass is 15.1. The van der Waals surface area contributed by atoms with Gasteiger partial charge in [-0.15, -0.1) is 0 Å². The Morgan fingerprint density at radius 2 is 2.17 bits per heavy atom. The number of rotatable bonds is 5. The Bertz CT molecular complexity index is 519. The van der Waals surface area contributed by atoms with E-state index >= 15 is 0 Å². The maximum atomic E-state index is 5.81. The van der Waals surface area contributed by atoms with Crippen LogP contribution in [0.1, 0.15) is 18.3 Å². The summed E-state index contributed by atoms with van der Waals surface area (Å²) in [5.74, 6) is 2.41. The fourth-order valence-electron chi connectivity index (χ4n) is 1.86. The summed E-state index contributed by atoms with van der Waals surface area (Å²) in [5.41, 5.74) is 6.78. The second-order valence-electron chi connectivity index (χ2n) is 4.07. The highest BCUT2D eigenvalue weighted by molar-refractivity contribution is 5.54. The number of nitrogens with one attached hydrogen (secondary N) is 1. The van der Waals surface area contributed by atoms with E-state index in [9.17, 15) is 0 Å². The van der Waals surface area contributed by atoms with Gasteiger partial charge in [0.1, 0.15) is 23.8 Å². The summed E-state index contributed by atoms with van der Waals surface area (Å²) in [6, 6.07) is 0. The molecule has 2 aromatic heterocycles. The average molecular weight is 246 g/mol. The maximum Gasteiger partial charge on any atom is 0.134 e. The van der Waals surface area contributed by atoms with Gasteiger partial charge in [0.25, 0.3) is 0 Å². The lowest BCUT2D eigenvalue weighted by Gasteiger charge is -2.10. The lowest BCUT2D eigenvalue weighted by molar-refractivity contribution is 0.787. The Hall–Kier alpha value is -2.11. The van der Waals surface area contributed by atoms with Gasteiger partial charge in [-0.2, -0.15) is 0 Å². The molecule has 0 atom stereocenters. The van der Waals surface area contributed by atoms with E-state index < -0.39 is 0 Å². The largest absolute Gasteiger partial charge is 0.383 e. The van der Waals surface area contributed by atoms with Crippen molar-refractivity contribution in [1.29, 1.82) is 0 Å². The monoisotopic (exact) mass is 246 g/mol. The highest BCUT2D eigenvalue weighted by Crippen LogP contribution is 2.17. The summed E-state index contributed by atoms with van der Waals surface area (Å²) in [6.45, 7) is 2.81. The molecule has 6 nitrogen and oxygen atoms in total. The van der Waals surface area contributed by atoms with Crippen LogP contribution in [0.5, 0.6) is 0 Å². The molecule has 2 rings (SSSR count). The molecule has 6 heteroatoms. The minimum absolute atomic E-state index is 0.548. The van der Waals surface area contributed by atoms with Crippen LogP contribution in [0, 0.1) is 0 Å². The molecule has 0 saturated heterocycles. The minimum Gasteiger partial charge on any atom is -0.383 e. The van der Waals surface area contributed by atoms with Gasteiger partial charge in [-0.25, -0.2) is 15.0 Å². The Kier molecular flexibility index (Phi) is 3.76. The van der Waals surface area contributed by atoms with E-state index in [0.29, 0.717) is 5.82 Å². The van der Waals surface area contributed by atoms with Crippen LogP contribution in [0.15, 0.2) is 18.7 Å². The smallest absolute Gasteiger partial charge is 0.134 e. The lowest BCUT2D eigenvalue weighted by Crippen LogP contribution is -2.12. The van der Waals surface area contributed by atoms with Gasteiger partial charge in [0.05, 0.1) is 0 Å². The first kappa shape index (κ1) is 12.3. The molecular formula is C12H18N6. The SMILES string of the molecule is CCc1c(N)ncnc1NCCc1nccn1C. The summed E-state index contributed by atoms with van der Waals surface area (Å²) >= 11 is 0. The Morgan fingerprint density at radius 1 is 1.33 bits per heavy atom. The first-order chi connectivity index (χ1) is 8.72. The van der Waals surface area contributed by atoms with Crippen molar-refractivity contribution in [1.82, 2.24) is 19.5 Å². The van der Waals surface area contributed by atoms with Gasteiger partial charge in [0, 0.05) is 38.0 Å². The van der Waals surface area contributed by atoms with Crippen molar-refractivity contribution in [2.45, 2.75) is 19.8 Å². The summed E-state index contributed by atoms with van der Waals surface area (Å²) in [6.07, 6.45) is 6.89. The second-order valence-corrected chi connectivity index (χ2v) is 4.07. The van der Waals surface area contributed by atoms with Crippen LogP contribution in [-0.2, 0) is 19.9 Å². The van der Waals surface area contributed by atoms with Gasteiger partial charge in [0.2, 0.25) is 0 Å². The molecule has 0 aromatic carbocycles. The topological polar surface area (TPSA) is 81.7 Å². The molecule has 0 aliphatic heterocycles. The van der Waals surface area contributed by atoms with Crippen molar-refractivity contribution < 1.29 is 0 Å². The van der Waals surface area contributed by atoms with E-state index in [2.05, 4.69) is 20.3 Å². The zero-order chi connectivity index (χ0) is 13.0. The van der Waals surface area contributed by atoms with Crippen molar-refractivity contribution in [3.05, 3.63) is 30.1 Å². The molecule has 2 aromatic rings.